The van der Waals surface area contributed by atoms with Gasteiger partial charge < -0.3 is 0 Å². The first-order chi connectivity index (χ1) is 7.29. The van der Waals surface area contributed by atoms with Gasteiger partial charge in [0.2, 0.25) is 0 Å². The Kier molecular flexibility index (Phi) is 4.84. The Hall–Kier alpha value is -1.35. The van der Waals surface area contributed by atoms with Crippen molar-refractivity contribution in [2.45, 2.75) is 19.8 Å². The maximum Gasteiger partial charge on any atom is 0.277 e. The summed E-state index contributed by atoms with van der Waals surface area (Å²) in [6.07, 6.45) is 1.99. The average Bonchev–Trinajstić information content (AvgIpc) is 2.31. The van der Waals surface area contributed by atoms with E-state index in [1.54, 1.807) is 12.1 Å². The zero-order valence-corrected chi connectivity index (χ0v) is 9.27. The number of benzene rings is 1. The molecule has 0 heterocycles. The van der Waals surface area contributed by atoms with E-state index in [9.17, 15) is 4.79 Å². The molecule has 0 aliphatic heterocycles. The van der Waals surface area contributed by atoms with Crippen LogP contribution >= 0.6 is 0 Å². The Labute approximate surface area is 90.6 Å². The highest BCUT2D eigenvalue weighted by molar-refractivity contribution is 5.93. The molecule has 0 radical (unpaired) electrons. The Morgan fingerprint density at radius 3 is 2.53 bits per heavy atom. The second-order valence-corrected chi connectivity index (χ2v) is 3.31. The van der Waals surface area contributed by atoms with Crippen LogP contribution in [0, 0.1) is 0 Å². The summed E-state index contributed by atoms with van der Waals surface area (Å²) in [6, 6.07) is 9.17. The number of unbranched alkanes of at least 4 members (excludes halogenated alkanes) is 1. The zero-order chi connectivity index (χ0) is 11.1. The van der Waals surface area contributed by atoms with Crippen LogP contribution in [0.3, 0.4) is 0 Å². The van der Waals surface area contributed by atoms with Gasteiger partial charge in [-0.05, 0) is 18.6 Å². The van der Waals surface area contributed by atoms with Crippen LogP contribution in [0.1, 0.15) is 30.1 Å². The quantitative estimate of drug-likeness (QED) is 0.694. The summed E-state index contributed by atoms with van der Waals surface area (Å²) in [5, 5.41) is 1.40. The van der Waals surface area contributed by atoms with E-state index in [-0.39, 0.29) is 5.91 Å². The van der Waals surface area contributed by atoms with Crippen LogP contribution in [-0.4, -0.2) is 24.6 Å². The molecule has 1 aromatic rings. The standard InChI is InChI=1S/C12H17NO2/c1-3-4-10-13(15-2)12(14)11-8-6-5-7-9-11/h5-9H,3-4,10H2,1-2H3. The predicted molar refractivity (Wildman–Crippen MR) is 59.4 cm³/mol. The summed E-state index contributed by atoms with van der Waals surface area (Å²) in [4.78, 5) is 16.9. The summed E-state index contributed by atoms with van der Waals surface area (Å²) in [6.45, 7) is 2.72. The number of hydrogen-bond acceptors (Lipinski definition) is 2. The number of amides is 1. The monoisotopic (exact) mass is 207 g/mol. The van der Waals surface area contributed by atoms with Crippen molar-refractivity contribution >= 4 is 5.91 Å². The van der Waals surface area contributed by atoms with Crippen LogP contribution in [0.4, 0.5) is 0 Å². The lowest BCUT2D eigenvalue weighted by Gasteiger charge is -2.19. The van der Waals surface area contributed by atoms with Gasteiger partial charge in [0.1, 0.15) is 0 Å². The van der Waals surface area contributed by atoms with Gasteiger partial charge in [-0.15, -0.1) is 0 Å². The Balaban J connectivity index is 2.65. The van der Waals surface area contributed by atoms with Crippen molar-refractivity contribution < 1.29 is 9.63 Å². The normalized spacial score (nSPS) is 10.0. The largest absolute Gasteiger partial charge is 0.277 e. The van der Waals surface area contributed by atoms with E-state index < -0.39 is 0 Å². The van der Waals surface area contributed by atoms with E-state index >= 15 is 0 Å². The first-order valence-electron chi connectivity index (χ1n) is 5.20. The SMILES string of the molecule is CCCCN(OC)C(=O)c1ccccc1. The van der Waals surface area contributed by atoms with Gasteiger partial charge in [0, 0.05) is 12.1 Å². The van der Waals surface area contributed by atoms with Crippen molar-refractivity contribution in [1.82, 2.24) is 5.06 Å². The molecular formula is C12H17NO2. The number of carbonyl (C=O) groups is 1. The third-order valence-corrected chi connectivity index (χ3v) is 2.18. The zero-order valence-electron chi connectivity index (χ0n) is 9.27. The van der Waals surface area contributed by atoms with Crippen molar-refractivity contribution in [3.8, 4) is 0 Å². The van der Waals surface area contributed by atoms with E-state index in [0.29, 0.717) is 12.1 Å². The molecule has 0 spiro atoms. The highest BCUT2D eigenvalue weighted by atomic mass is 16.7. The summed E-state index contributed by atoms with van der Waals surface area (Å²) in [5.41, 5.74) is 0.662. The molecule has 0 unspecified atom stereocenters. The van der Waals surface area contributed by atoms with Gasteiger partial charge in [0.25, 0.3) is 5.91 Å². The minimum absolute atomic E-state index is 0.0773. The van der Waals surface area contributed by atoms with Gasteiger partial charge in [-0.2, -0.15) is 0 Å². The lowest BCUT2D eigenvalue weighted by atomic mass is 10.2. The summed E-state index contributed by atoms with van der Waals surface area (Å²) in [7, 11) is 1.52. The fraction of sp³-hybridized carbons (Fsp3) is 0.417. The first-order valence-corrected chi connectivity index (χ1v) is 5.20. The molecule has 0 aliphatic rings. The van der Waals surface area contributed by atoms with Gasteiger partial charge in [-0.1, -0.05) is 31.5 Å². The van der Waals surface area contributed by atoms with Crippen LogP contribution in [0.5, 0.6) is 0 Å². The van der Waals surface area contributed by atoms with Gasteiger partial charge in [-0.25, -0.2) is 5.06 Å². The number of carbonyl (C=O) groups excluding carboxylic acids is 1. The van der Waals surface area contributed by atoms with Crippen molar-refractivity contribution in [1.29, 1.82) is 0 Å². The van der Waals surface area contributed by atoms with E-state index in [4.69, 9.17) is 4.84 Å². The summed E-state index contributed by atoms with van der Waals surface area (Å²) >= 11 is 0. The molecule has 0 aliphatic carbocycles. The third kappa shape index (κ3) is 3.36. The maximum absolute atomic E-state index is 11.9. The molecule has 15 heavy (non-hydrogen) atoms. The average molecular weight is 207 g/mol. The molecule has 0 bridgehead atoms. The minimum atomic E-state index is -0.0773. The third-order valence-electron chi connectivity index (χ3n) is 2.18. The highest BCUT2D eigenvalue weighted by Gasteiger charge is 2.13. The van der Waals surface area contributed by atoms with E-state index in [0.717, 1.165) is 12.8 Å². The molecule has 0 aromatic heterocycles. The van der Waals surface area contributed by atoms with E-state index in [1.165, 1.54) is 12.2 Å². The summed E-state index contributed by atoms with van der Waals surface area (Å²) in [5.74, 6) is -0.0773. The van der Waals surface area contributed by atoms with Crippen LogP contribution in [0.15, 0.2) is 30.3 Å². The Morgan fingerprint density at radius 1 is 1.33 bits per heavy atom. The molecule has 0 atom stereocenters. The number of rotatable bonds is 5. The molecule has 0 saturated heterocycles. The van der Waals surface area contributed by atoms with Crippen molar-refractivity contribution in [3.63, 3.8) is 0 Å². The molecule has 1 rings (SSSR count). The smallest absolute Gasteiger partial charge is 0.274 e. The lowest BCUT2D eigenvalue weighted by molar-refractivity contribution is -0.0955. The number of hydrogen-bond donors (Lipinski definition) is 0. The van der Waals surface area contributed by atoms with E-state index in [2.05, 4.69) is 6.92 Å². The fourth-order valence-electron chi connectivity index (χ4n) is 1.30. The molecular weight excluding hydrogens is 190 g/mol. The highest BCUT2D eigenvalue weighted by Crippen LogP contribution is 2.05. The Bertz CT molecular complexity index is 298. The maximum atomic E-state index is 11.9. The molecule has 1 amide bonds. The molecule has 3 nitrogen and oxygen atoms in total. The molecule has 0 fully saturated rings. The number of hydroxylamine groups is 2. The van der Waals surface area contributed by atoms with Crippen LogP contribution < -0.4 is 0 Å². The van der Waals surface area contributed by atoms with Crippen molar-refractivity contribution in [2.75, 3.05) is 13.7 Å². The van der Waals surface area contributed by atoms with Crippen LogP contribution in [-0.2, 0) is 4.84 Å². The lowest BCUT2D eigenvalue weighted by Crippen LogP contribution is -2.30. The molecule has 0 saturated carbocycles. The molecule has 0 N–H and O–H groups in total. The second-order valence-electron chi connectivity index (χ2n) is 3.31. The van der Waals surface area contributed by atoms with Crippen LogP contribution in [0.25, 0.3) is 0 Å². The summed E-state index contributed by atoms with van der Waals surface area (Å²) < 4.78 is 0. The molecule has 82 valence electrons. The van der Waals surface area contributed by atoms with Gasteiger partial charge in [0.05, 0.1) is 7.11 Å². The number of nitrogens with zero attached hydrogens (tertiary/aromatic N) is 1. The minimum Gasteiger partial charge on any atom is -0.274 e. The Morgan fingerprint density at radius 2 is 2.00 bits per heavy atom. The van der Waals surface area contributed by atoms with Crippen molar-refractivity contribution in [3.05, 3.63) is 35.9 Å². The molecule has 1 aromatic carbocycles. The van der Waals surface area contributed by atoms with Gasteiger partial charge in [0.15, 0.2) is 0 Å². The topological polar surface area (TPSA) is 29.5 Å². The van der Waals surface area contributed by atoms with E-state index in [1.807, 2.05) is 18.2 Å². The fourth-order valence-corrected chi connectivity index (χ4v) is 1.30. The molecule has 3 heteroatoms. The van der Waals surface area contributed by atoms with Gasteiger partial charge in [-0.3, -0.25) is 9.63 Å². The van der Waals surface area contributed by atoms with Crippen molar-refractivity contribution in [2.24, 2.45) is 0 Å². The second kappa shape index (κ2) is 6.19. The predicted octanol–water partition coefficient (Wildman–Crippen LogP) is 2.49. The van der Waals surface area contributed by atoms with Gasteiger partial charge >= 0.3 is 0 Å². The van der Waals surface area contributed by atoms with Crippen LogP contribution in [0.2, 0.25) is 0 Å². The first kappa shape index (κ1) is 11.7.